The third-order valence-corrected chi connectivity index (χ3v) is 3.90. The van der Waals surface area contributed by atoms with Crippen LogP contribution in [0.25, 0.3) is 22.9 Å². The number of alkyl halides is 6. The summed E-state index contributed by atoms with van der Waals surface area (Å²) in [5.41, 5.74) is -2.98. The van der Waals surface area contributed by atoms with Crippen LogP contribution >= 0.6 is 0 Å². The Labute approximate surface area is 159 Å². The fraction of sp³-hybridized carbons (Fsp3) is 0.158. The highest BCUT2D eigenvalue weighted by Gasteiger charge is 2.38. The largest absolute Gasteiger partial charge is 0.484 e. The molecule has 0 amide bonds. The lowest BCUT2D eigenvalue weighted by molar-refractivity contribution is -0.153. The third-order valence-electron chi connectivity index (χ3n) is 3.90. The lowest BCUT2D eigenvalue weighted by atomic mass is 10.0. The second-order valence-electron chi connectivity index (χ2n) is 5.96. The minimum Gasteiger partial charge on any atom is -0.484 e. The van der Waals surface area contributed by atoms with Crippen molar-refractivity contribution in [3.8, 4) is 16.9 Å². The van der Waals surface area contributed by atoms with Gasteiger partial charge in [-0.15, -0.1) is 0 Å². The number of hydrogen-bond donors (Lipinski definition) is 0. The van der Waals surface area contributed by atoms with Crippen LogP contribution in [-0.4, -0.2) is 22.2 Å². The first-order chi connectivity index (χ1) is 13.5. The monoisotopic (exact) mass is 414 g/mol. The minimum absolute atomic E-state index is 0.156. The van der Waals surface area contributed by atoms with Crippen LogP contribution in [0.2, 0.25) is 0 Å². The van der Waals surface area contributed by atoms with Crippen molar-refractivity contribution in [2.45, 2.75) is 12.4 Å². The zero-order valence-electron chi connectivity index (χ0n) is 14.5. The molecule has 152 valence electrons. The molecular formula is C19H12F6N2O2. The van der Waals surface area contributed by atoms with Crippen LogP contribution in [0.4, 0.5) is 26.3 Å². The molecule has 0 radical (unpaired) electrons. The smallest absolute Gasteiger partial charge is 0.434 e. The molecule has 0 aliphatic rings. The molecule has 1 aromatic carbocycles. The molecule has 0 atom stereocenters. The SMILES string of the molecule is C=Cc1ccn2c(=O)c(-c3ccc(OCC(F)(F)F)cc3)c(C(F)(F)F)nc2c1. The number of aromatic nitrogens is 2. The van der Waals surface area contributed by atoms with Gasteiger partial charge in [0, 0.05) is 6.20 Å². The number of pyridine rings is 1. The highest BCUT2D eigenvalue weighted by Crippen LogP contribution is 2.35. The predicted octanol–water partition coefficient (Wildman–Crippen LogP) is 4.96. The van der Waals surface area contributed by atoms with Crippen molar-refractivity contribution < 1.29 is 31.1 Å². The second kappa shape index (κ2) is 7.26. The lowest BCUT2D eigenvalue weighted by Crippen LogP contribution is -2.24. The van der Waals surface area contributed by atoms with Gasteiger partial charge >= 0.3 is 12.4 Å². The summed E-state index contributed by atoms with van der Waals surface area (Å²) in [5, 5.41) is 0. The van der Waals surface area contributed by atoms with Crippen LogP contribution in [0.1, 0.15) is 11.3 Å². The summed E-state index contributed by atoms with van der Waals surface area (Å²) >= 11 is 0. The first-order valence-electron chi connectivity index (χ1n) is 8.05. The van der Waals surface area contributed by atoms with E-state index in [1.54, 1.807) is 0 Å². The van der Waals surface area contributed by atoms with Gasteiger partial charge in [0.1, 0.15) is 11.4 Å². The van der Waals surface area contributed by atoms with Gasteiger partial charge in [0.15, 0.2) is 12.3 Å². The summed E-state index contributed by atoms with van der Waals surface area (Å²) in [4.78, 5) is 16.3. The van der Waals surface area contributed by atoms with E-state index in [9.17, 15) is 31.1 Å². The Hall–Kier alpha value is -3.30. The lowest BCUT2D eigenvalue weighted by Gasteiger charge is -2.14. The Morgan fingerprint density at radius 2 is 1.72 bits per heavy atom. The van der Waals surface area contributed by atoms with Crippen molar-refractivity contribution >= 4 is 11.7 Å². The molecule has 3 aromatic rings. The maximum absolute atomic E-state index is 13.6. The standard InChI is InChI=1S/C19H12F6N2O2/c1-2-11-7-8-27-14(9-11)26-16(19(23,24)25)15(17(27)28)12-3-5-13(6-4-12)29-10-18(20,21)22/h2-9H,1,10H2. The van der Waals surface area contributed by atoms with E-state index in [0.29, 0.717) is 5.56 Å². The molecule has 2 aromatic heterocycles. The average molecular weight is 414 g/mol. The maximum Gasteiger partial charge on any atom is 0.434 e. The highest BCUT2D eigenvalue weighted by molar-refractivity contribution is 5.68. The second-order valence-corrected chi connectivity index (χ2v) is 5.96. The van der Waals surface area contributed by atoms with Crippen molar-refractivity contribution in [1.82, 2.24) is 9.38 Å². The Bertz CT molecular complexity index is 1110. The Morgan fingerprint density at radius 1 is 1.07 bits per heavy atom. The van der Waals surface area contributed by atoms with Gasteiger partial charge in [-0.3, -0.25) is 9.20 Å². The van der Waals surface area contributed by atoms with Gasteiger partial charge in [-0.1, -0.05) is 24.8 Å². The molecule has 3 rings (SSSR count). The molecule has 0 saturated heterocycles. The van der Waals surface area contributed by atoms with E-state index in [1.807, 2.05) is 0 Å². The van der Waals surface area contributed by atoms with Gasteiger partial charge in [0.05, 0.1) is 5.56 Å². The van der Waals surface area contributed by atoms with Crippen molar-refractivity contribution in [1.29, 1.82) is 0 Å². The molecule has 2 heterocycles. The molecule has 0 spiro atoms. The van der Waals surface area contributed by atoms with E-state index in [2.05, 4.69) is 16.3 Å². The van der Waals surface area contributed by atoms with Gasteiger partial charge in [0.2, 0.25) is 0 Å². The van der Waals surface area contributed by atoms with Gasteiger partial charge in [-0.2, -0.15) is 26.3 Å². The first-order valence-corrected chi connectivity index (χ1v) is 8.05. The summed E-state index contributed by atoms with van der Waals surface area (Å²) in [6.45, 7) is 1.97. The number of ether oxygens (including phenoxy) is 1. The summed E-state index contributed by atoms with van der Waals surface area (Å²) in [6, 6.07) is 7.01. The van der Waals surface area contributed by atoms with Gasteiger partial charge in [-0.05, 0) is 35.4 Å². The van der Waals surface area contributed by atoms with Crippen molar-refractivity contribution in [3.05, 3.63) is 70.8 Å². The summed E-state index contributed by atoms with van der Waals surface area (Å²) in [5.74, 6) is -0.205. The molecule has 0 fully saturated rings. The topological polar surface area (TPSA) is 43.6 Å². The van der Waals surface area contributed by atoms with E-state index in [0.717, 1.165) is 28.7 Å². The van der Waals surface area contributed by atoms with E-state index >= 15 is 0 Å². The Balaban J connectivity index is 2.14. The van der Waals surface area contributed by atoms with Crippen LogP contribution in [0, 0.1) is 0 Å². The van der Waals surface area contributed by atoms with E-state index in [4.69, 9.17) is 0 Å². The molecular weight excluding hydrogens is 402 g/mol. The normalized spacial score (nSPS) is 12.2. The van der Waals surface area contributed by atoms with Crippen LogP contribution in [0.3, 0.4) is 0 Å². The third kappa shape index (κ3) is 4.41. The number of nitrogens with zero attached hydrogens (tertiary/aromatic N) is 2. The molecule has 4 nitrogen and oxygen atoms in total. The number of halogens is 6. The number of hydrogen-bond acceptors (Lipinski definition) is 3. The van der Waals surface area contributed by atoms with Gasteiger partial charge in [-0.25, -0.2) is 4.98 Å². The Morgan fingerprint density at radius 3 is 2.28 bits per heavy atom. The summed E-state index contributed by atoms with van der Waals surface area (Å²) in [6.07, 6.45) is -6.83. The maximum atomic E-state index is 13.6. The van der Waals surface area contributed by atoms with Crippen molar-refractivity contribution in [2.75, 3.05) is 6.61 Å². The van der Waals surface area contributed by atoms with E-state index in [1.165, 1.54) is 24.4 Å². The Kier molecular flexibility index (Phi) is 5.12. The van der Waals surface area contributed by atoms with E-state index < -0.39 is 35.8 Å². The quantitative estimate of drug-likeness (QED) is 0.567. The van der Waals surface area contributed by atoms with Gasteiger partial charge in [0.25, 0.3) is 5.56 Å². The zero-order valence-corrected chi connectivity index (χ0v) is 14.5. The highest BCUT2D eigenvalue weighted by atomic mass is 19.4. The first kappa shape index (κ1) is 20.4. The molecule has 0 bridgehead atoms. The van der Waals surface area contributed by atoms with E-state index in [-0.39, 0.29) is 17.0 Å². The summed E-state index contributed by atoms with van der Waals surface area (Å²) in [7, 11) is 0. The summed E-state index contributed by atoms with van der Waals surface area (Å²) < 4.78 is 82.9. The van der Waals surface area contributed by atoms with Crippen LogP contribution in [-0.2, 0) is 6.18 Å². The van der Waals surface area contributed by atoms with Crippen molar-refractivity contribution in [2.24, 2.45) is 0 Å². The fourth-order valence-electron chi connectivity index (χ4n) is 2.63. The molecule has 0 aliphatic heterocycles. The molecule has 0 N–H and O–H groups in total. The van der Waals surface area contributed by atoms with Gasteiger partial charge < -0.3 is 4.74 Å². The minimum atomic E-state index is -4.93. The number of fused-ring (bicyclic) bond motifs is 1. The van der Waals surface area contributed by atoms with Crippen LogP contribution in [0.15, 0.2) is 54.0 Å². The molecule has 0 unspecified atom stereocenters. The molecule has 0 saturated carbocycles. The predicted molar refractivity (Wildman–Crippen MR) is 93.5 cm³/mol. The average Bonchev–Trinajstić information content (AvgIpc) is 2.65. The molecule has 29 heavy (non-hydrogen) atoms. The molecule has 10 heteroatoms. The van der Waals surface area contributed by atoms with Crippen molar-refractivity contribution in [3.63, 3.8) is 0 Å². The molecule has 0 aliphatic carbocycles. The zero-order chi connectivity index (χ0) is 21.4. The number of rotatable bonds is 4. The van der Waals surface area contributed by atoms with Crippen LogP contribution < -0.4 is 10.3 Å². The fourth-order valence-corrected chi connectivity index (χ4v) is 2.63. The van der Waals surface area contributed by atoms with Crippen LogP contribution in [0.5, 0.6) is 5.75 Å². The number of benzene rings is 1.